The molecule has 2 aromatic rings. The molecule has 0 saturated carbocycles. The van der Waals surface area contributed by atoms with E-state index in [1.807, 2.05) is 30.3 Å². The molecule has 7 nitrogen and oxygen atoms in total. The van der Waals surface area contributed by atoms with Crippen LogP contribution in [-0.4, -0.2) is 53.6 Å². The molecular formula is C19H25IN6O. The molecule has 0 radical (unpaired) electrons. The van der Waals surface area contributed by atoms with E-state index in [-0.39, 0.29) is 24.0 Å². The average Bonchev–Trinajstić information content (AvgIpc) is 3.19. The van der Waals surface area contributed by atoms with Crippen molar-refractivity contribution in [3.8, 4) is 6.07 Å². The molecule has 0 amide bonds. The highest BCUT2D eigenvalue weighted by Crippen LogP contribution is 2.09. The van der Waals surface area contributed by atoms with E-state index in [0.717, 1.165) is 56.5 Å². The maximum absolute atomic E-state index is 8.88. The van der Waals surface area contributed by atoms with Crippen LogP contribution in [-0.2, 0) is 13.1 Å². The number of benzene rings is 1. The molecule has 1 aliphatic heterocycles. The third kappa shape index (κ3) is 6.22. The van der Waals surface area contributed by atoms with Crippen molar-refractivity contribution in [2.24, 2.45) is 4.99 Å². The van der Waals surface area contributed by atoms with Crippen molar-refractivity contribution in [2.45, 2.75) is 20.0 Å². The van der Waals surface area contributed by atoms with Crippen molar-refractivity contribution in [2.75, 3.05) is 32.7 Å². The van der Waals surface area contributed by atoms with E-state index in [1.54, 1.807) is 6.26 Å². The van der Waals surface area contributed by atoms with Gasteiger partial charge in [0.2, 0.25) is 0 Å². The number of nitrogens with one attached hydrogen (secondary N) is 1. The summed E-state index contributed by atoms with van der Waals surface area (Å²) in [5, 5.41) is 16.2. The highest BCUT2D eigenvalue weighted by molar-refractivity contribution is 14.0. The monoisotopic (exact) mass is 480 g/mol. The largest absolute Gasteiger partial charge is 0.364 e. The molecule has 1 saturated heterocycles. The van der Waals surface area contributed by atoms with Crippen LogP contribution in [0.5, 0.6) is 0 Å². The quantitative estimate of drug-likeness (QED) is 0.403. The van der Waals surface area contributed by atoms with Gasteiger partial charge >= 0.3 is 0 Å². The maximum atomic E-state index is 8.88. The molecule has 0 atom stereocenters. The molecule has 27 heavy (non-hydrogen) atoms. The van der Waals surface area contributed by atoms with Gasteiger partial charge in [-0.3, -0.25) is 4.90 Å². The van der Waals surface area contributed by atoms with Crippen LogP contribution in [0.2, 0.25) is 0 Å². The summed E-state index contributed by atoms with van der Waals surface area (Å²) in [4.78, 5) is 9.44. The SMILES string of the molecule is CCNC(=NCc1ccc(C#N)cc1)N1CCN(Cc2ccon2)CC1.I. The fourth-order valence-electron chi connectivity index (χ4n) is 2.94. The minimum absolute atomic E-state index is 0. The van der Waals surface area contributed by atoms with Crippen LogP contribution in [0, 0.1) is 11.3 Å². The van der Waals surface area contributed by atoms with Crippen molar-refractivity contribution in [3.63, 3.8) is 0 Å². The van der Waals surface area contributed by atoms with Gasteiger partial charge in [0.25, 0.3) is 0 Å². The molecule has 1 N–H and O–H groups in total. The fraction of sp³-hybridized carbons (Fsp3) is 0.421. The third-order valence-corrected chi connectivity index (χ3v) is 4.38. The zero-order valence-electron chi connectivity index (χ0n) is 15.5. The van der Waals surface area contributed by atoms with Gasteiger partial charge in [0.1, 0.15) is 6.26 Å². The summed E-state index contributed by atoms with van der Waals surface area (Å²) < 4.78 is 4.90. The lowest BCUT2D eigenvalue weighted by atomic mass is 10.1. The van der Waals surface area contributed by atoms with Gasteiger partial charge in [-0.1, -0.05) is 17.3 Å². The number of guanidine groups is 1. The Bertz CT molecular complexity index is 746. The number of nitriles is 1. The number of hydrogen-bond acceptors (Lipinski definition) is 5. The van der Waals surface area contributed by atoms with Gasteiger partial charge in [0, 0.05) is 45.3 Å². The molecule has 2 heterocycles. The van der Waals surface area contributed by atoms with E-state index in [9.17, 15) is 0 Å². The Hall–Kier alpha value is -2.12. The van der Waals surface area contributed by atoms with Gasteiger partial charge in [-0.25, -0.2) is 4.99 Å². The zero-order chi connectivity index (χ0) is 18.2. The first-order chi connectivity index (χ1) is 12.8. The predicted octanol–water partition coefficient (Wildman–Crippen LogP) is 2.45. The second-order valence-corrected chi connectivity index (χ2v) is 6.23. The Kier molecular flexibility index (Phi) is 8.54. The summed E-state index contributed by atoms with van der Waals surface area (Å²) in [7, 11) is 0. The summed E-state index contributed by atoms with van der Waals surface area (Å²) in [6.45, 7) is 8.14. The highest BCUT2D eigenvalue weighted by atomic mass is 127. The van der Waals surface area contributed by atoms with E-state index in [1.165, 1.54) is 0 Å². The molecule has 0 bridgehead atoms. The van der Waals surface area contributed by atoms with Crippen LogP contribution in [0.15, 0.2) is 46.1 Å². The molecule has 1 aromatic carbocycles. The fourth-order valence-corrected chi connectivity index (χ4v) is 2.94. The van der Waals surface area contributed by atoms with Crippen LogP contribution in [0.25, 0.3) is 0 Å². The lowest BCUT2D eigenvalue weighted by molar-refractivity contribution is 0.169. The Morgan fingerprint density at radius 3 is 2.56 bits per heavy atom. The van der Waals surface area contributed by atoms with Crippen molar-refractivity contribution >= 4 is 29.9 Å². The molecule has 144 valence electrons. The van der Waals surface area contributed by atoms with Crippen molar-refractivity contribution in [1.29, 1.82) is 5.26 Å². The van der Waals surface area contributed by atoms with E-state index >= 15 is 0 Å². The molecule has 0 aliphatic carbocycles. The number of aliphatic imine (C=N–C) groups is 1. The summed E-state index contributed by atoms with van der Waals surface area (Å²) in [6.07, 6.45) is 1.62. The summed E-state index contributed by atoms with van der Waals surface area (Å²) >= 11 is 0. The Balaban J connectivity index is 0.00000261. The van der Waals surface area contributed by atoms with Crippen molar-refractivity contribution in [1.82, 2.24) is 20.3 Å². The maximum Gasteiger partial charge on any atom is 0.194 e. The van der Waals surface area contributed by atoms with Crippen LogP contribution >= 0.6 is 24.0 Å². The first kappa shape index (κ1) is 21.2. The smallest absolute Gasteiger partial charge is 0.194 e. The average molecular weight is 480 g/mol. The Morgan fingerprint density at radius 1 is 1.22 bits per heavy atom. The van der Waals surface area contributed by atoms with Gasteiger partial charge in [0.15, 0.2) is 5.96 Å². The highest BCUT2D eigenvalue weighted by Gasteiger charge is 2.20. The standard InChI is InChI=1S/C19H24N6O.HI/c1-2-21-19(22-14-17-5-3-16(13-20)4-6-17)25-10-8-24(9-11-25)15-18-7-12-26-23-18;/h3-7,12H,2,8-11,14-15H2,1H3,(H,21,22);1H. The normalized spacial score (nSPS) is 15.1. The summed E-state index contributed by atoms with van der Waals surface area (Å²) in [5.41, 5.74) is 2.75. The number of piperazine rings is 1. The second kappa shape index (κ2) is 10.9. The number of rotatable bonds is 5. The summed E-state index contributed by atoms with van der Waals surface area (Å²) in [6, 6.07) is 11.6. The Morgan fingerprint density at radius 2 is 1.96 bits per heavy atom. The van der Waals surface area contributed by atoms with Gasteiger partial charge in [-0.2, -0.15) is 5.26 Å². The van der Waals surface area contributed by atoms with Gasteiger partial charge in [0.05, 0.1) is 23.9 Å². The van der Waals surface area contributed by atoms with Gasteiger partial charge in [-0.05, 0) is 24.6 Å². The van der Waals surface area contributed by atoms with Crippen molar-refractivity contribution < 1.29 is 4.52 Å². The number of nitrogens with zero attached hydrogens (tertiary/aromatic N) is 5. The molecule has 8 heteroatoms. The second-order valence-electron chi connectivity index (χ2n) is 6.23. The molecule has 3 rings (SSSR count). The van der Waals surface area contributed by atoms with Crippen LogP contribution in [0.1, 0.15) is 23.7 Å². The molecular weight excluding hydrogens is 455 g/mol. The van der Waals surface area contributed by atoms with E-state index < -0.39 is 0 Å². The minimum Gasteiger partial charge on any atom is -0.364 e. The molecule has 1 aromatic heterocycles. The minimum atomic E-state index is 0. The number of hydrogen-bond donors (Lipinski definition) is 1. The molecule has 1 fully saturated rings. The topological polar surface area (TPSA) is 80.7 Å². The number of aromatic nitrogens is 1. The lowest BCUT2D eigenvalue weighted by Gasteiger charge is -2.36. The summed E-state index contributed by atoms with van der Waals surface area (Å²) in [5.74, 6) is 0.943. The third-order valence-electron chi connectivity index (χ3n) is 4.38. The van der Waals surface area contributed by atoms with Crippen LogP contribution in [0.3, 0.4) is 0 Å². The first-order valence-corrected chi connectivity index (χ1v) is 8.92. The van der Waals surface area contributed by atoms with E-state index in [2.05, 4.69) is 33.3 Å². The zero-order valence-corrected chi connectivity index (χ0v) is 17.8. The van der Waals surface area contributed by atoms with Crippen LogP contribution in [0.4, 0.5) is 0 Å². The molecule has 0 spiro atoms. The number of halogens is 1. The Labute approximate surface area is 177 Å². The van der Waals surface area contributed by atoms with E-state index in [4.69, 9.17) is 14.8 Å². The molecule has 1 aliphatic rings. The van der Waals surface area contributed by atoms with Gasteiger partial charge < -0.3 is 14.7 Å². The predicted molar refractivity (Wildman–Crippen MR) is 115 cm³/mol. The van der Waals surface area contributed by atoms with E-state index in [0.29, 0.717) is 12.1 Å². The van der Waals surface area contributed by atoms with Crippen LogP contribution < -0.4 is 5.32 Å². The first-order valence-electron chi connectivity index (χ1n) is 8.92. The van der Waals surface area contributed by atoms with Gasteiger partial charge in [-0.15, -0.1) is 24.0 Å². The lowest BCUT2D eigenvalue weighted by Crippen LogP contribution is -2.52. The molecule has 0 unspecified atom stereocenters. The van der Waals surface area contributed by atoms with Crippen molar-refractivity contribution in [3.05, 3.63) is 53.4 Å².